The van der Waals surface area contributed by atoms with Gasteiger partial charge in [-0.15, -0.1) is 0 Å². The first kappa shape index (κ1) is 13.7. The van der Waals surface area contributed by atoms with Crippen LogP contribution in [0.3, 0.4) is 0 Å². The van der Waals surface area contributed by atoms with Gasteiger partial charge in [0, 0.05) is 25.2 Å². The molecule has 0 aromatic heterocycles. The maximum atomic E-state index is 13.4. The molecule has 0 bridgehead atoms. The van der Waals surface area contributed by atoms with E-state index in [1.165, 1.54) is 12.8 Å². The van der Waals surface area contributed by atoms with Gasteiger partial charge in [0.15, 0.2) is 0 Å². The Hall–Kier alpha value is -0.290. The maximum absolute atomic E-state index is 13.4. The molecule has 110 valence electrons. The lowest BCUT2D eigenvalue weighted by Gasteiger charge is -2.51. The fourth-order valence-electron chi connectivity index (χ4n) is 3.98. The van der Waals surface area contributed by atoms with Crippen LogP contribution in [0.25, 0.3) is 0 Å². The van der Waals surface area contributed by atoms with Gasteiger partial charge in [0.05, 0.1) is 0 Å². The molecule has 0 aromatic carbocycles. The zero-order chi connectivity index (χ0) is 13.7. The summed E-state index contributed by atoms with van der Waals surface area (Å²) >= 11 is 0. The van der Waals surface area contributed by atoms with Crippen molar-refractivity contribution in [2.75, 3.05) is 19.6 Å². The van der Waals surface area contributed by atoms with Gasteiger partial charge in [-0.05, 0) is 38.6 Å². The standard InChI is InChI=1S/C14H23F3N2/c1-2-11-9-18-8-4-3-5-12(18)10-19(11)13(6-7-13)14(15,16)17/h11-12H,2-10H2,1H3. The molecule has 0 spiro atoms. The van der Waals surface area contributed by atoms with E-state index in [0.29, 0.717) is 25.4 Å². The first-order valence-electron chi connectivity index (χ1n) is 7.55. The van der Waals surface area contributed by atoms with E-state index >= 15 is 0 Å². The SMILES string of the molecule is CCC1CN2CCCCC2CN1C1(C(F)(F)F)CC1. The van der Waals surface area contributed by atoms with E-state index in [-0.39, 0.29) is 6.04 Å². The van der Waals surface area contributed by atoms with Crippen molar-refractivity contribution in [3.05, 3.63) is 0 Å². The van der Waals surface area contributed by atoms with Gasteiger partial charge in [-0.3, -0.25) is 9.80 Å². The molecule has 3 fully saturated rings. The highest BCUT2D eigenvalue weighted by molar-refractivity contribution is 5.13. The van der Waals surface area contributed by atoms with Crippen LogP contribution in [-0.4, -0.2) is 53.2 Å². The van der Waals surface area contributed by atoms with Crippen molar-refractivity contribution in [2.45, 2.75) is 69.2 Å². The average Bonchev–Trinajstić information content (AvgIpc) is 3.18. The molecule has 19 heavy (non-hydrogen) atoms. The third-order valence-electron chi connectivity index (χ3n) is 5.31. The number of hydrogen-bond acceptors (Lipinski definition) is 2. The molecule has 3 aliphatic rings. The van der Waals surface area contributed by atoms with Gasteiger partial charge in [-0.25, -0.2) is 0 Å². The Labute approximate surface area is 112 Å². The molecule has 1 aliphatic carbocycles. The Morgan fingerprint density at radius 1 is 1.16 bits per heavy atom. The van der Waals surface area contributed by atoms with Crippen LogP contribution in [0.15, 0.2) is 0 Å². The summed E-state index contributed by atoms with van der Waals surface area (Å²) in [6.45, 7) is 4.55. The number of nitrogens with zero attached hydrogens (tertiary/aromatic N) is 2. The maximum Gasteiger partial charge on any atom is 0.406 e. The summed E-state index contributed by atoms with van der Waals surface area (Å²) in [6, 6.07) is 0.440. The van der Waals surface area contributed by atoms with Gasteiger partial charge in [0.2, 0.25) is 0 Å². The van der Waals surface area contributed by atoms with E-state index in [9.17, 15) is 13.2 Å². The minimum Gasteiger partial charge on any atom is -0.298 e. The lowest BCUT2D eigenvalue weighted by Crippen LogP contribution is -2.65. The second-order valence-corrected chi connectivity index (χ2v) is 6.39. The molecule has 2 saturated heterocycles. The fraction of sp³-hybridized carbons (Fsp3) is 1.00. The zero-order valence-electron chi connectivity index (χ0n) is 11.5. The summed E-state index contributed by atoms with van der Waals surface area (Å²) in [5, 5.41) is 0. The molecule has 0 aromatic rings. The topological polar surface area (TPSA) is 6.48 Å². The lowest BCUT2D eigenvalue weighted by molar-refractivity contribution is -0.212. The molecular formula is C14H23F3N2. The summed E-state index contributed by atoms with van der Waals surface area (Å²) in [7, 11) is 0. The van der Waals surface area contributed by atoms with Crippen molar-refractivity contribution in [2.24, 2.45) is 0 Å². The monoisotopic (exact) mass is 276 g/mol. The van der Waals surface area contributed by atoms with E-state index in [1.807, 2.05) is 11.8 Å². The third-order valence-corrected chi connectivity index (χ3v) is 5.31. The van der Waals surface area contributed by atoms with E-state index in [4.69, 9.17) is 0 Å². The van der Waals surface area contributed by atoms with Crippen molar-refractivity contribution in [1.29, 1.82) is 0 Å². The van der Waals surface area contributed by atoms with Crippen LogP contribution in [0.4, 0.5) is 13.2 Å². The van der Waals surface area contributed by atoms with Gasteiger partial charge < -0.3 is 0 Å². The number of rotatable bonds is 2. The number of alkyl halides is 3. The summed E-state index contributed by atoms with van der Waals surface area (Å²) in [4.78, 5) is 4.25. The summed E-state index contributed by atoms with van der Waals surface area (Å²) in [6.07, 6.45) is 0.820. The molecule has 2 atom stereocenters. The van der Waals surface area contributed by atoms with E-state index in [0.717, 1.165) is 25.9 Å². The van der Waals surface area contributed by atoms with Crippen molar-refractivity contribution < 1.29 is 13.2 Å². The molecule has 2 unspecified atom stereocenters. The second-order valence-electron chi connectivity index (χ2n) is 6.39. The largest absolute Gasteiger partial charge is 0.406 e. The minimum atomic E-state index is -4.06. The Balaban J connectivity index is 1.80. The number of piperidine rings is 1. The minimum absolute atomic E-state index is 0.0819. The van der Waals surface area contributed by atoms with Crippen molar-refractivity contribution in [3.8, 4) is 0 Å². The molecular weight excluding hydrogens is 253 g/mol. The zero-order valence-corrected chi connectivity index (χ0v) is 11.5. The Kier molecular flexibility index (Phi) is 3.33. The van der Waals surface area contributed by atoms with Crippen LogP contribution in [-0.2, 0) is 0 Å². The second kappa shape index (κ2) is 4.62. The van der Waals surface area contributed by atoms with Crippen LogP contribution in [0.2, 0.25) is 0 Å². The smallest absolute Gasteiger partial charge is 0.298 e. The molecule has 0 amide bonds. The number of fused-ring (bicyclic) bond motifs is 1. The predicted octanol–water partition coefficient (Wildman–Crippen LogP) is 3.03. The highest BCUT2D eigenvalue weighted by Gasteiger charge is 2.68. The third kappa shape index (κ3) is 2.19. The molecule has 5 heteroatoms. The molecule has 0 N–H and O–H groups in total. The Morgan fingerprint density at radius 3 is 2.47 bits per heavy atom. The molecule has 2 heterocycles. The first-order valence-corrected chi connectivity index (χ1v) is 7.55. The molecule has 3 rings (SSSR count). The van der Waals surface area contributed by atoms with Gasteiger partial charge in [0.25, 0.3) is 0 Å². The van der Waals surface area contributed by atoms with E-state index in [1.54, 1.807) is 0 Å². The number of piperazine rings is 1. The van der Waals surface area contributed by atoms with Crippen molar-refractivity contribution >= 4 is 0 Å². The summed E-state index contributed by atoms with van der Waals surface area (Å²) < 4.78 is 40.1. The van der Waals surface area contributed by atoms with Crippen LogP contribution < -0.4 is 0 Å². The van der Waals surface area contributed by atoms with Gasteiger partial charge in [-0.1, -0.05) is 13.3 Å². The van der Waals surface area contributed by atoms with Gasteiger partial charge in [0.1, 0.15) is 5.54 Å². The first-order chi connectivity index (χ1) is 8.98. The van der Waals surface area contributed by atoms with Crippen molar-refractivity contribution in [1.82, 2.24) is 9.80 Å². The van der Waals surface area contributed by atoms with Crippen molar-refractivity contribution in [3.63, 3.8) is 0 Å². The molecule has 1 saturated carbocycles. The highest BCUT2D eigenvalue weighted by Crippen LogP contribution is 2.55. The van der Waals surface area contributed by atoms with E-state index < -0.39 is 11.7 Å². The number of halogens is 3. The molecule has 2 aliphatic heterocycles. The Morgan fingerprint density at radius 2 is 1.89 bits per heavy atom. The van der Waals surface area contributed by atoms with Gasteiger partial charge >= 0.3 is 6.18 Å². The fourth-order valence-corrected chi connectivity index (χ4v) is 3.98. The van der Waals surface area contributed by atoms with Crippen LogP contribution in [0.1, 0.15) is 45.4 Å². The quantitative estimate of drug-likeness (QED) is 0.765. The van der Waals surface area contributed by atoms with Crippen LogP contribution in [0, 0.1) is 0 Å². The van der Waals surface area contributed by atoms with Crippen LogP contribution >= 0.6 is 0 Å². The normalized spacial score (nSPS) is 36.0. The highest BCUT2D eigenvalue weighted by atomic mass is 19.4. The summed E-state index contributed by atoms with van der Waals surface area (Å²) in [5.41, 5.74) is -1.47. The summed E-state index contributed by atoms with van der Waals surface area (Å²) in [5.74, 6) is 0. The van der Waals surface area contributed by atoms with Gasteiger partial charge in [-0.2, -0.15) is 13.2 Å². The average molecular weight is 276 g/mol. The lowest BCUT2D eigenvalue weighted by atomic mass is 9.93. The Bertz CT molecular complexity index is 338. The number of hydrogen-bond donors (Lipinski definition) is 0. The van der Waals surface area contributed by atoms with Crippen LogP contribution in [0.5, 0.6) is 0 Å². The molecule has 2 nitrogen and oxygen atoms in total. The predicted molar refractivity (Wildman–Crippen MR) is 68.0 cm³/mol. The van der Waals surface area contributed by atoms with E-state index in [2.05, 4.69) is 4.90 Å². The molecule has 0 radical (unpaired) electrons.